The molecule has 0 aromatic carbocycles. The molecule has 106 valence electrons. The fourth-order valence-electron chi connectivity index (χ4n) is 3.80. The van der Waals surface area contributed by atoms with E-state index in [1.165, 1.54) is 64.7 Å². The van der Waals surface area contributed by atoms with Gasteiger partial charge >= 0.3 is 0 Å². The summed E-state index contributed by atoms with van der Waals surface area (Å²) >= 11 is 0. The number of fused-ring (bicyclic) bond motifs is 1. The van der Waals surface area contributed by atoms with Crippen LogP contribution in [-0.4, -0.2) is 48.1 Å². The highest BCUT2D eigenvalue weighted by Crippen LogP contribution is 2.26. The highest BCUT2D eigenvalue weighted by molar-refractivity contribution is 4.90. The van der Waals surface area contributed by atoms with Crippen LogP contribution >= 0.6 is 0 Å². The third-order valence-electron chi connectivity index (χ3n) is 5.27. The molecular formula is C16H32N2. The maximum Gasteiger partial charge on any atom is 0.0223 e. The number of piperidine rings is 1. The van der Waals surface area contributed by atoms with Gasteiger partial charge in [-0.1, -0.05) is 40.0 Å². The number of hydrogen-bond acceptors (Lipinski definition) is 2. The number of nitrogens with zero attached hydrogens (tertiary/aromatic N) is 2. The summed E-state index contributed by atoms with van der Waals surface area (Å²) in [5.41, 5.74) is 0. The molecule has 0 spiro atoms. The molecule has 2 heterocycles. The molecule has 0 aromatic rings. The van der Waals surface area contributed by atoms with Crippen LogP contribution in [0.1, 0.15) is 59.3 Å². The van der Waals surface area contributed by atoms with Crippen LogP contribution in [0.15, 0.2) is 0 Å². The van der Waals surface area contributed by atoms with Crippen molar-refractivity contribution in [3.05, 3.63) is 0 Å². The molecular weight excluding hydrogens is 220 g/mol. The molecule has 0 saturated carbocycles. The molecule has 2 saturated heterocycles. The summed E-state index contributed by atoms with van der Waals surface area (Å²) in [5, 5.41) is 0. The molecule has 2 fully saturated rings. The van der Waals surface area contributed by atoms with E-state index < -0.39 is 0 Å². The molecule has 0 amide bonds. The number of piperazine rings is 1. The average molecular weight is 252 g/mol. The van der Waals surface area contributed by atoms with Gasteiger partial charge in [0.1, 0.15) is 0 Å². The minimum atomic E-state index is 0.819. The maximum atomic E-state index is 2.82. The second-order valence-electron chi connectivity index (χ2n) is 6.34. The first kappa shape index (κ1) is 14.3. The standard InChI is InChI=1S/C16H32N2/c1-4-14(5-2)11-18-13-16-9-7-8-10-17(16)12-15(18)6-3/h14-16H,4-13H2,1-3H3. The van der Waals surface area contributed by atoms with Crippen molar-refractivity contribution in [1.82, 2.24) is 9.80 Å². The van der Waals surface area contributed by atoms with Crippen LogP contribution in [0.4, 0.5) is 0 Å². The lowest BCUT2D eigenvalue weighted by atomic mass is 9.94. The summed E-state index contributed by atoms with van der Waals surface area (Å²) in [6.45, 7) is 12.5. The molecule has 2 unspecified atom stereocenters. The molecule has 0 aliphatic carbocycles. The van der Waals surface area contributed by atoms with Crippen molar-refractivity contribution in [3.63, 3.8) is 0 Å². The Kier molecular flexibility index (Phi) is 5.50. The van der Waals surface area contributed by atoms with E-state index in [0.29, 0.717) is 0 Å². The van der Waals surface area contributed by atoms with Crippen LogP contribution in [0.3, 0.4) is 0 Å². The number of hydrogen-bond donors (Lipinski definition) is 0. The normalized spacial score (nSPS) is 30.7. The molecule has 0 aromatic heterocycles. The Balaban J connectivity index is 1.95. The van der Waals surface area contributed by atoms with Gasteiger partial charge in [0.2, 0.25) is 0 Å². The minimum absolute atomic E-state index is 0.819. The fraction of sp³-hybridized carbons (Fsp3) is 1.00. The summed E-state index contributed by atoms with van der Waals surface area (Å²) in [5.74, 6) is 0.911. The van der Waals surface area contributed by atoms with E-state index in [1.807, 2.05) is 0 Å². The number of rotatable bonds is 5. The lowest BCUT2D eigenvalue weighted by molar-refractivity contribution is -0.000479. The van der Waals surface area contributed by atoms with Gasteiger partial charge in [-0.05, 0) is 31.7 Å². The Hall–Kier alpha value is -0.0800. The molecule has 2 aliphatic heterocycles. The van der Waals surface area contributed by atoms with E-state index in [1.54, 1.807) is 0 Å². The van der Waals surface area contributed by atoms with Crippen LogP contribution in [-0.2, 0) is 0 Å². The van der Waals surface area contributed by atoms with Crippen molar-refractivity contribution < 1.29 is 0 Å². The van der Waals surface area contributed by atoms with Gasteiger partial charge in [-0.2, -0.15) is 0 Å². The third kappa shape index (κ3) is 3.27. The van der Waals surface area contributed by atoms with Crippen LogP contribution in [0.25, 0.3) is 0 Å². The van der Waals surface area contributed by atoms with Crippen LogP contribution in [0, 0.1) is 5.92 Å². The smallest absolute Gasteiger partial charge is 0.0223 e. The van der Waals surface area contributed by atoms with Crippen molar-refractivity contribution >= 4 is 0 Å². The Morgan fingerprint density at radius 2 is 1.83 bits per heavy atom. The van der Waals surface area contributed by atoms with E-state index in [0.717, 1.165) is 18.0 Å². The zero-order valence-electron chi connectivity index (χ0n) is 12.7. The molecule has 2 aliphatic rings. The lowest BCUT2D eigenvalue weighted by Gasteiger charge is -2.49. The van der Waals surface area contributed by atoms with Crippen LogP contribution in [0.5, 0.6) is 0 Å². The zero-order valence-corrected chi connectivity index (χ0v) is 12.7. The zero-order chi connectivity index (χ0) is 13.0. The van der Waals surface area contributed by atoms with Crippen molar-refractivity contribution in [2.75, 3.05) is 26.2 Å². The van der Waals surface area contributed by atoms with Gasteiger partial charge in [0.05, 0.1) is 0 Å². The molecule has 0 radical (unpaired) electrons. The van der Waals surface area contributed by atoms with Crippen molar-refractivity contribution in [1.29, 1.82) is 0 Å². The first-order chi connectivity index (χ1) is 8.78. The summed E-state index contributed by atoms with van der Waals surface area (Å²) in [4.78, 5) is 5.60. The van der Waals surface area contributed by atoms with E-state index in [2.05, 4.69) is 30.6 Å². The quantitative estimate of drug-likeness (QED) is 0.740. The maximum absolute atomic E-state index is 2.82. The minimum Gasteiger partial charge on any atom is -0.298 e. The molecule has 2 atom stereocenters. The van der Waals surface area contributed by atoms with Gasteiger partial charge in [-0.15, -0.1) is 0 Å². The van der Waals surface area contributed by atoms with Gasteiger partial charge in [0.25, 0.3) is 0 Å². The van der Waals surface area contributed by atoms with E-state index in [9.17, 15) is 0 Å². The van der Waals surface area contributed by atoms with Crippen LogP contribution < -0.4 is 0 Å². The topological polar surface area (TPSA) is 6.48 Å². The Morgan fingerprint density at radius 1 is 1.06 bits per heavy atom. The Labute approximate surface area is 114 Å². The monoisotopic (exact) mass is 252 g/mol. The molecule has 0 bridgehead atoms. The molecule has 0 N–H and O–H groups in total. The predicted octanol–water partition coefficient (Wildman–Crippen LogP) is 3.37. The highest BCUT2D eigenvalue weighted by Gasteiger charge is 2.34. The van der Waals surface area contributed by atoms with Gasteiger partial charge in [-0.3, -0.25) is 9.80 Å². The second-order valence-corrected chi connectivity index (χ2v) is 6.34. The van der Waals surface area contributed by atoms with Gasteiger partial charge in [0.15, 0.2) is 0 Å². The predicted molar refractivity (Wildman–Crippen MR) is 78.9 cm³/mol. The van der Waals surface area contributed by atoms with Gasteiger partial charge in [-0.25, -0.2) is 0 Å². The molecule has 18 heavy (non-hydrogen) atoms. The Morgan fingerprint density at radius 3 is 2.50 bits per heavy atom. The summed E-state index contributed by atoms with van der Waals surface area (Å²) in [6, 6.07) is 1.69. The average Bonchev–Trinajstić information content (AvgIpc) is 2.43. The second kappa shape index (κ2) is 6.91. The van der Waals surface area contributed by atoms with Gasteiger partial charge < -0.3 is 0 Å². The van der Waals surface area contributed by atoms with Crippen LogP contribution in [0.2, 0.25) is 0 Å². The van der Waals surface area contributed by atoms with E-state index in [-0.39, 0.29) is 0 Å². The molecule has 2 heteroatoms. The van der Waals surface area contributed by atoms with Crippen molar-refractivity contribution in [2.24, 2.45) is 5.92 Å². The summed E-state index contributed by atoms with van der Waals surface area (Å²) in [7, 11) is 0. The van der Waals surface area contributed by atoms with Crippen molar-refractivity contribution in [2.45, 2.75) is 71.4 Å². The first-order valence-electron chi connectivity index (χ1n) is 8.26. The highest BCUT2D eigenvalue weighted by atomic mass is 15.3. The lowest BCUT2D eigenvalue weighted by Crippen LogP contribution is -2.60. The summed E-state index contributed by atoms with van der Waals surface area (Å²) in [6.07, 6.45) is 8.34. The largest absolute Gasteiger partial charge is 0.298 e. The Bertz CT molecular complexity index is 237. The SMILES string of the molecule is CCC(CC)CN1CC2CCCCN2CC1CC. The fourth-order valence-corrected chi connectivity index (χ4v) is 3.80. The summed E-state index contributed by atoms with van der Waals surface area (Å²) < 4.78 is 0. The van der Waals surface area contributed by atoms with E-state index >= 15 is 0 Å². The molecule has 2 nitrogen and oxygen atoms in total. The first-order valence-corrected chi connectivity index (χ1v) is 8.26. The third-order valence-corrected chi connectivity index (χ3v) is 5.27. The van der Waals surface area contributed by atoms with Crippen molar-refractivity contribution in [3.8, 4) is 0 Å². The van der Waals surface area contributed by atoms with Gasteiger partial charge in [0, 0.05) is 31.7 Å². The molecule has 2 rings (SSSR count). The van der Waals surface area contributed by atoms with E-state index in [4.69, 9.17) is 0 Å².